The zero-order chi connectivity index (χ0) is 20.6. The lowest BCUT2D eigenvalue weighted by Gasteiger charge is -2.30. The summed E-state index contributed by atoms with van der Waals surface area (Å²) in [5, 5.41) is 4.14. The highest BCUT2D eigenvalue weighted by Gasteiger charge is 2.16. The summed E-state index contributed by atoms with van der Waals surface area (Å²) in [7, 11) is 0. The molecule has 0 radical (unpaired) electrons. The van der Waals surface area contributed by atoms with Crippen LogP contribution in [0.15, 0.2) is 83.9 Å². The summed E-state index contributed by atoms with van der Waals surface area (Å²) in [6.45, 7) is 2.90. The fraction of sp³-hybridized carbons (Fsp3) is 0.160. The van der Waals surface area contributed by atoms with Crippen LogP contribution < -0.4 is 5.32 Å². The van der Waals surface area contributed by atoms with Gasteiger partial charge in [-0.3, -0.25) is 0 Å². The van der Waals surface area contributed by atoms with Crippen LogP contribution in [0.5, 0.6) is 0 Å². The molecule has 0 aliphatic carbocycles. The number of para-hydroxylation sites is 1. The molecule has 1 aliphatic rings. The van der Waals surface area contributed by atoms with E-state index in [9.17, 15) is 0 Å². The molecule has 0 amide bonds. The molecule has 1 fully saturated rings. The van der Waals surface area contributed by atoms with Gasteiger partial charge < -0.3 is 15.0 Å². The van der Waals surface area contributed by atoms with Crippen molar-refractivity contribution in [2.24, 2.45) is 4.99 Å². The second kappa shape index (κ2) is 9.98. The van der Waals surface area contributed by atoms with Crippen molar-refractivity contribution in [3.05, 3.63) is 95.0 Å². The molecule has 0 aromatic heterocycles. The predicted molar refractivity (Wildman–Crippen MR) is 123 cm³/mol. The molecule has 1 heterocycles. The summed E-state index contributed by atoms with van der Waals surface area (Å²) in [5.41, 5.74) is 3.61. The van der Waals surface area contributed by atoms with E-state index < -0.39 is 0 Å². The number of morpholine rings is 1. The van der Waals surface area contributed by atoms with Crippen LogP contribution in [-0.2, 0) is 4.74 Å². The van der Waals surface area contributed by atoms with Crippen LogP contribution in [0, 0.1) is 11.8 Å². The molecule has 0 saturated carbocycles. The summed E-state index contributed by atoms with van der Waals surface area (Å²) in [5.74, 6) is 7.26. The number of hydrogen-bond acceptors (Lipinski definition) is 2. The fourth-order valence-electron chi connectivity index (χ4n) is 3.07. The Hall–Kier alpha value is -3.26. The number of nitrogens with zero attached hydrogens (tertiary/aromatic N) is 2. The maximum absolute atomic E-state index is 6.03. The molecule has 1 saturated heterocycles. The normalized spacial score (nSPS) is 14.0. The number of nitrogens with one attached hydrogen (secondary N) is 1. The molecule has 3 aromatic rings. The van der Waals surface area contributed by atoms with E-state index >= 15 is 0 Å². The first-order chi connectivity index (χ1) is 14.8. The summed E-state index contributed by atoms with van der Waals surface area (Å²) in [6, 6.07) is 25.5. The lowest BCUT2D eigenvalue weighted by Crippen LogP contribution is -2.44. The smallest absolute Gasteiger partial charge is 0.203 e. The maximum atomic E-state index is 6.03. The van der Waals surface area contributed by atoms with E-state index in [2.05, 4.69) is 22.1 Å². The number of guanidine groups is 1. The van der Waals surface area contributed by atoms with E-state index in [1.54, 1.807) is 0 Å². The standard InChI is InChI=1S/C25H22ClN3O/c26-22-12-14-23(15-13-22)27-25(29-16-18-30-19-17-29)28-24-9-5-4-8-21(24)11-10-20-6-2-1-3-7-20/h1-9,12-15H,16-19H2,(H,27,28). The van der Waals surface area contributed by atoms with Gasteiger partial charge in [-0.25, -0.2) is 4.99 Å². The minimum absolute atomic E-state index is 0.677. The predicted octanol–water partition coefficient (Wildman–Crippen LogP) is 5.17. The highest BCUT2D eigenvalue weighted by molar-refractivity contribution is 6.30. The van der Waals surface area contributed by atoms with Gasteiger partial charge in [0.2, 0.25) is 5.96 Å². The van der Waals surface area contributed by atoms with E-state index in [1.807, 2.05) is 78.9 Å². The van der Waals surface area contributed by atoms with Gasteiger partial charge >= 0.3 is 0 Å². The average molecular weight is 416 g/mol. The van der Waals surface area contributed by atoms with Crippen LogP contribution in [-0.4, -0.2) is 37.2 Å². The summed E-state index contributed by atoms with van der Waals surface area (Å²) < 4.78 is 5.51. The highest BCUT2D eigenvalue weighted by Crippen LogP contribution is 2.21. The first-order valence-corrected chi connectivity index (χ1v) is 10.3. The lowest BCUT2D eigenvalue weighted by molar-refractivity contribution is 0.0680. The topological polar surface area (TPSA) is 36.9 Å². The maximum Gasteiger partial charge on any atom is 0.203 e. The van der Waals surface area contributed by atoms with Gasteiger partial charge in [0, 0.05) is 29.4 Å². The molecule has 0 atom stereocenters. The second-order valence-corrected chi connectivity index (χ2v) is 7.24. The van der Waals surface area contributed by atoms with E-state index in [4.69, 9.17) is 21.3 Å². The summed E-state index contributed by atoms with van der Waals surface area (Å²) >= 11 is 6.03. The molecule has 5 heteroatoms. The zero-order valence-electron chi connectivity index (χ0n) is 16.5. The number of ether oxygens (including phenoxy) is 1. The molecule has 0 spiro atoms. The molecule has 0 bridgehead atoms. The van der Waals surface area contributed by atoms with Gasteiger partial charge in [0.15, 0.2) is 0 Å². The van der Waals surface area contributed by atoms with E-state index in [1.165, 1.54) is 0 Å². The zero-order valence-corrected chi connectivity index (χ0v) is 17.3. The molecule has 30 heavy (non-hydrogen) atoms. The van der Waals surface area contributed by atoms with Gasteiger partial charge in [-0.15, -0.1) is 0 Å². The van der Waals surface area contributed by atoms with Crippen LogP contribution in [0.1, 0.15) is 11.1 Å². The Morgan fingerprint density at radius 1 is 0.867 bits per heavy atom. The van der Waals surface area contributed by atoms with Gasteiger partial charge in [0.05, 0.1) is 24.5 Å². The fourth-order valence-corrected chi connectivity index (χ4v) is 3.19. The van der Waals surface area contributed by atoms with Crippen molar-refractivity contribution in [2.45, 2.75) is 0 Å². The van der Waals surface area contributed by atoms with Crippen molar-refractivity contribution in [2.75, 3.05) is 31.6 Å². The number of halogens is 1. The largest absolute Gasteiger partial charge is 0.378 e. The van der Waals surface area contributed by atoms with E-state index in [0.717, 1.165) is 41.6 Å². The number of rotatable bonds is 2. The molecule has 150 valence electrons. The third-order valence-corrected chi connectivity index (χ3v) is 4.91. The third-order valence-electron chi connectivity index (χ3n) is 4.66. The molecule has 4 rings (SSSR count). The van der Waals surface area contributed by atoms with E-state index in [0.29, 0.717) is 18.2 Å². The minimum atomic E-state index is 0.677. The number of anilines is 1. The second-order valence-electron chi connectivity index (χ2n) is 6.80. The number of hydrogen-bond donors (Lipinski definition) is 1. The van der Waals surface area contributed by atoms with Crippen molar-refractivity contribution < 1.29 is 4.74 Å². The van der Waals surface area contributed by atoms with E-state index in [-0.39, 0.29) is 0 Å². The lowest BCUT2D eigenvalue weighted by atomic mass is 10.1. The first kappa shape index (κ1) is 20.0. The van der Waals surface area contributed by atoms with Gasteiger partial charge in [-0.05, 0) is 48.5 Å². The Bertz CT molecular complexity index is 1060. The number of aliphatic imine (C=N–C) groups is 1. The van der Waals surface area contributed by atoms with Crippen molar-refractivity contribution in [3.8, 4) is 11.8 Å². The monoisotopic (exact) mass is 415 g/mol. The van der Waals surface area contributed by atoms with Crippen molar-refractivity contribution in [3.63, 3.8) is 0 Å². The molecule has 4 nitrogen and oxygen atoms in total. The van der Waals surface area contributed by atoms with Crippen LogP contribution in [0.3, 0.4) is 0 Å². The van der Waals surface area contributed by atoms with Gasteiger partial charge in [-0.1, -0.05) is 53.8 Å². The molecular formula is C25H22ClN3O. The van der Waals surface area contributed by atoms with Gasteiger partial charge in [0.25, 0.3) is 0 Å². The Kier molecular flexibility index (Phi) is 6.66. The Labute approximate surface area is 182 Å². The Morgan fingerprint density at radius 3 is 2.33 bits per heavy atom. The Morgan fingerprint density at radius 2 is 1.57 bits per heavy atom. The SMILES string of the molecule is Clc1ccc(NC(=Nc2ccccc2C#Cc2ccccc2)N2CCOCC2)cc1. The average Bonchev–Trinajstić information content (AvgIpc) is 2.81. The molecule has 0 unspecified atom stereocenters. The quantitative estimate of drug-likeness (QED) is 0.356. The van der Waals surface area contributed by atoms with Crippen molar-refractivity contribution >= 4 is 28.9 Å². The molecule has 1 aliphatic heterocycles. The van der Waals surface area contributed by atoms with Crippen LogP contribution >= 0.6 is 11.6 Å². The van der Waals surface area contributed by atoms with Crippen LogP contribution in [0.4, 0.5) is 11.4 Å². The highest BCUT2D eigenvalue weighted by atomic mass is 35.5. The molecule has 1 N–H and O–H groups in total. The Balaban J connectivity index is 1.67. The van der Waals surface area contributed by atoms with Crippen LogP contribution in [0.25, 0.3) is 0 Å². The first-order valence-electron chi connectivity index (χ1n) is 9.88. The van der Waals surface area contributed by atoms with Crippen LogP contribution in [0.2, 0.25) is 5.02 Å². The number of benzene rings is 3. The molecular weight excluding hydrogens is 394 g/mol. The summed E-state index contributed by atoms with van der Waals surface area (Å²) in [6.07, 6.45) is 0. The summed E-state index contributed by atoms with van der Waals surface area (Å²) in [4.78, 5) is 7.15. The van der Waals surface area contributed by atoms with Crippen molar-refractivity contribution in [1.82, 2.24) is 4.90 Å². The van der Waals surface area contributed by atoms with Crippen molar-refractivity contribution in [1.29, 1.82) is 0 Å². The van der Waals surface area contributed by atoms with Gasteiger partial charge in [0.1, 0.15) is 0 Å². The minimum Gasteiger partial charge on any atom is -0.378 e. The molecule has 3 aromatic carbocycles. The van der Waals surface area contributed by atoms with Gasteiger partial charge in [-0.2, -0.15) is 0 Å². The third kappa shape index (κ3) is 5.42.